The molecule has 2 unspecified atom stereocenters. The lowest BCUT2D eigenvalue weighted by atomic mass is 9.91. The van der Waals surface area contributed by atoms with Crippen molar-refractivity contribution in [1.29, 1.82) is 0 Å². The molecular formula is C24H34N2O3. The van der Waals surface area contributed by atoms with E-state index < -0.39 is 0 Å². The lowest BCUT2D eigenvalue weighted by Gasteiger charge is -2.37. The average Bonchev–Trinajstić information content (AvgIpc) is 2.89. The number of carbonyl (C=O) groups is 2. The molecule has 0 N–H and O–H groups in total. The number of carbonyl (C=O) groups excluding carboxylic acids is 2. The van der Waals surface area contributed by atoms with E-state index in [-0.39, 0.29) is 17.9 Å². The van der Waals surface area contributed by atoms with E-state index in [2.05, 4.69) is 25.7 Å². The van der Waals surface area contributed by atoms with Gasteiger partial charge in [0.15, 0.2) is 0 Å². The van der Waals surface area contributed by atoms with Crippen LogP contribution in [0.3, 0.4) is 0 Å². The van der Waals surface area contributed by atoms with E-state index in [0.717, 1.165) is 43.7 Å². The molecule has 1 fully saturated rings. The zero-order valence-corrected chi connectivity index (χ0v) is 18.4. The second-order valence-corrected chi connectivity index (χ2v) is 8.88. The van der Waals surface area contributed by atoms with Gasteiger partial charge in [-0.05, 0) is 56.2 Å². The molecule has 0 bridgehead atoms. The Bertz CT molecular complexity index is 772. The number of nitrogens with zero attached hydrogens (tertiary/aromatic N) is 2. The van der Waals surface area contributed by atoms with Gasteiger partial charge in [-0.15, -0.1) is 0 Å². The van der Waals surface area contributed by atoms with Crippen LogP contribution in [-0.4, -0.2) is 47.4 Å². The van der Waals surface area contributed by atoms with Crippen molar-refractivity contribution in [3.05, 3.63) is 35.5 Å². The van der Waals surface area contributed by atoms with Crippen molar-refractivity contribution in [2.45, 2.75) is 60.0 Å². The number of unbranched alkanes of at least 4 members (excludes halogenated alkanes) is 1. The highest BCUT2D eigenvalue weighted by molar-refractivity contribution is 6.35. The summed E-state index contributed by atoms with van der Waals surface area (Å²) < 4.78 is 5.74. The third kappa shape index (κ3) is 4.65. The van der Waals surface area contributed by atoms with Crippen molar-refractivity contribution in [2.24, 2.45) is 11.8 Å². The Morgan fingerprint density at radius 3 is 2.21 bits per heavy atom. The fraction of sp³-hybridized carbons (Fsp3) is 0.583. The van der Waals surface area contributed by atoms with Crippen LogP contribution in [0.5, 0.6) is 5.75 Å². The first-order valence-corrected chi connectivity index (χ1v) is 10.9. The molecule has 29 heavy (non-hydrogen) atoms. The van der Waals surface area contributed by atoms with Crippen LogP contribution < -0.4 is 4.74 Å². The van der Waals surface area contributed by atoms with Crippen molar-refractivity contribution in [3.8, 4) is 5.75 Å². The van der Waals surface area contributed by atoms with Gasteiger partial charge in [0, 0.05) is 19.6 Å². The van der Waals surface area contributed by atoms with Gasteiger partial charge in [0.2, 0.25) is 0 Å². The molecule has 158 valence electrons. The molecule has 2 aliphatic rings. The van der Waals surface area contributed by atoms with Crippen molar-refractivity contribution in [2.75, 3.05) is 19.6 Å². The maximum Gasteiger partial charge on any atom is 0.277 e. The number of ether oxygens (including phenoxy) is 1. The minimum absolute atomic E-state index is 0.0891. The fourth-order valence-electron chi connectivity index (χ4n) is 4.45. The molecule has 2 heterocycles. The molecule has 1 saturated heterocycles. The van der Waals surface area contributed by atoms with E-state index in [1.54, 1.807) is 0 Å². The minimum atomic E-state index is -0.165. The molecule has 0 saturated carbocycles. The Morgan fingerprint density at radius 1 is 1.03 bits per heavy atom. The SMILES string of the molecule is CCCCN1C(=O)C(c2ccc(OC(C)C)cc2)=C(N2CC(C)CC(C)C2)C1=O. The van der Waals surface area contributed by atoms with Crippen LogP contribution >= 0.6 is 0 Å². The lowest BCUT2D eigenvalue weighted by Crippen LogP contribution is -2.42. The number of piperidine rings is 1. The Kier molecular flexibility index (Phi) is 6.66. The highest BCUT2D eigenvalue weighted by atomic mass is 16.5. The molecule has 5 heteroatoms. The number of amides is 2. The Hall–Kier alpha value is -2.30. The number of hydrogen-bond donors (Lipinski definition) is 0. The summed E-state index contributed by atoms with van der Waals surface area (Å²) in [4.78, 5) is 30.2. The van der Waals surface area contributed by atoms with Gasteiger partial charge in [0.05, 0.1) is 11.7 Å². The van der Waals surface area contributed by atoms with E-state index in [9.17, 15) is 9.59 Å². The summed E-state index contributed by atoms with van der Waals surface area (Å²) in [6.45, 7) is 12.6. The summed E-state index contributed by atoms with van der Waals surface area (Å²) in [5.74, 6) is 1.47. The predicted octanol–water partition coefficient (Wildman–Crippen LogP) is 4.33. The predicted molar refractivity (Wildman–Crippen MR) is 115 cm³/mol. The summed E-state index contributed by atoms with van der Waals surface area (Å²) in [6.07, 6.45) is 3.01. The van der Waals surface area contributed by atoms with Gasteiger partial charge in [-0.2, -0.15) is 0 Å². The Balaban J connectivity index is 2.00. The summed E-state index contributed by atoms with van der Waals surface area (Å²) in [7, 11) is 0. The molecule has 0 radical (unpaired) electrons. The standard InChI is InChI=1S/C24H34N2O3/c1-6-7-12-26-23(27)21(19-8-10-20(11-9-19)29-16(2)3)22(24(26)28)25-14-17(4)13-18(5)15-25/h8-11,16-18H,6-7,12-15H2,1-5H3. The molecular weight excluding hydrogens is 364 g/mol. The van der Waals surface area contributed by atoms with E-state index in [1.165, 1.54) is 4.90 Å². The van der Waals surface area contributed by atoms with Crippen LogP contribution in [0.1, 0.15) is 59.4 Å². The molecule has 3 rings (SSSR count). The molecule has 2 amide bonds. The van der Waals surface area contributed by atoms with Crippen LogP contribution in [0.25, 0.3) is 5.57 Å². The van der Waals surface area contributed by atoms with Gasteiger partial charge in [-0.1, -0.05) is 39.3 Å². The first-order chi connectivity index (χ1) is 13.8. The summed E-state index contributed by atoms with van der Waals surface area (Å²) >= 11 is 0. The van der Waals surface area contributed by atoms with Crippen molar-refractivity contribution in [1.82, 2.24) is 9.80 Å². The van der Waals surface area contributed by atoms with E-state index in [0.29, 0.717) is 29.7 Å². The maximum atomic E-state index is 13.3. The second-order valence-electron chi connectivity index (χ2n) is 8.88. The smallest absolute Gasteiger partial charge is 0.277 e. The molecule has 2 atom stereocenters. The van der Waals surface area contributed by atoms with Crippen LogP contribution in [0, 0.1) is 11.8 Å². The van der Waals surface area contributed by atoms with Gasteiger partial charge in [-0.3, -0.25) is 14.5 Å². The minimum Gasteiger partial charge on any atom is -0.491 e. The maximum absolute atomic E-state index is 13.3. The molecule has 1 aromatic carbocycles. The third-order valence-corrected chi connectivity index (χ3v) is 5.58. The van der Waals surface area contributed by atoms with E-state index in [4.69, 9.17) is 4.74 Å². The molecule has 5 nitrogen and oxygen atoms in total. The topological polar surface area (TPSA) is 49.9 Å². The Morgan fingerprint density at radius 2 is 1.66 bits per heavy atom. The molecule has 2 aliphatic heterocycles. The van der Waals surface area contributed by atoms with Gasteiger partial charge in [-0.25, -0.2) is 0 Å². The zero-order chi connectivity index (χ0) is 21.1. The summed E-state index contributed by atoms with van der Waals surface area (Å²) in [6, 6.07) is 7.57. The largest absolute Gasteiger partial charge is 0.491 e. The van der Waals surface area contributed by atoms with Crippen molar-refractivity contribution >= 4 is 17.4 Å². The van der Waals surface area contributed by atoms with Crippen molar-refractivity contribution in [3.63, 3.8) is 0 Å². The number of rotatable bonds is 7. The van der Waals surface area contributed by atoms with Crippen LogP contribution in [0.15, 0.2) is 30.0 Å². The van der Waals surface area contributed by atoms with Crippen LogP contribution in [0.2, 0.25) is 0 Å². The zero-order valence-electron chi connectivity index (χ0n) is 18.4. The normalized spacial score (nSPS) is 22.8. The van der Waals surface area contributed by atoms with E-state index in [1.807, 2.05) is 38.1 Å². The number of benzene rings is 1. The van der Waals surface area contributed by atoms with E-state index >= 15 is 0 Å². The lowest BCUT2D eigenvalue weighted by molar-refractivity contribution is -0.137. The monoisotopic (exact) mass is 398 g/mol. The third-order valence-electron chi connectivity index (χ3n) is 5.58. The summed E-state index contributed by atoms with van der Waals surface area (Å²) in [5, 5.41) is 0. The number of hydrogen-bond acceptors (Lipinski definition) is 4. The first kappa shape index (κ1) is 21.4. The number of likely N-dealkylation sites (tertiary alicyclic amines) is 1. The molecule has 1 aromatic rings. The molecule has 0 aliphatic carbocycles. The number of imide groups is 1. The second kappa shape index (κ2) is 9.02. The summed E-state index contributed by atoms with van der Waals surface area (Å²) in [5.41, 5.74) is 1.92. The van der Waals surface area contributed by atoms with Crippen LogP contribution in [-0.2, 0) is 9.59 Å². The fourth-order valence-corrected chi connectivity index (χ4v) is 4.45. The van der Waals surface area contributed by atoms with Crippen molar-refractivity contribution < 1.29 is 14.3 Å². The van der Waals surface area contributed by atoms with Crippen LogP contribution in [0.4, 0.5) is 0 Å². The average molecular weight is 399 g/mol. The quantitative estimate of drug-likeness (QED) is 0.642. The first-order valence-electron chi connectivity index (χ1n) is 10.9. The highest BCUT2D eigenvalue weighted by Gasteiger charge is 2.42. The van der Waals surface area contributed by atoms with Gasteiger partial charge >= 0.3 is 0 Å². The highest BCUT2D eigenvalue weighted by Crippen LogP contribution is 2.35. The molecule has 0 aromatic heterocycles. The van der Waals surface area contributed by atoms with Gasteiger partial charge < -0.3 is 9.64 Å². The Labute approximate surface area is 174 Å². The molecule has 0 spiro atoms. The van der Waals surface area contributed by atoms with Gasteiger partial charge in [0.1, 0.15) is 11.4 Å². The van der Waals surface area contributed by atoms with Gasteiger partial charge in [0.25, 0.3) is 11.8 Å².